The summed E-state index contributed by atoms with van der Waals surface area (Å²) in [5.74, 6) is 0.866. The number of aliphatic hydroxyl groups excluding tert-OH is 12. The number of ether oxygens (including phenoxy) is 9. The molecule has 67 heavy (non-hydrogen) atoms. The van der Waals surface area contributed by atoms with E-state index in [2.05, 4.69) is 33.8 Å². The number of fused-ring (bicyclic) bond motifs is 3. The van der Waals surface area contributed by atoms with E-state index in [1.165, 1.54) is 5.57 Å². The van der Waals surface area contributed by atoms with Gasteiger partial charge in [-0.25, -0.2) is 0 Å². The molecule has 21 heteroatoms. The van der Waals surface area contributed by atoms with E-state index in [9.17, 15) is 61.3 Å². The van der Waals surface area contributed by atoms with Gasteiger partial charge in [-0.05, 0) is 70.6 Å². The van der Waals surface area contributed by atoms with Crippen molar-refractivity contribution >= 4 is 0 Å². The van der Waals surface area contributed by atoms with Crippen LogP contribution in [0, 0.1) is 5.92 Å². The Labute approximate surface area is 389 Å². The van der Waals surface area contributed by atoms with Crippen LogP contribution < -0.4 is 9.47 Å². The number of aryl methyl sites for hydroxylation is 1. The second-order valence-electron chi connectivity index (χ2n) is 19.4. The topological polar surface area (TPSA) is 326 Å². The second kappa shape index (κ2) is 22.1. The van der Waals surface area contributed by atoms with E-state index >= 15 is 0 Å². The van der Waals surface area contributed by atoms with Crippen molar-refractivity contribution in [2.24, 2.45) is 5.92 Å². The van der Waals surface area contributed by atoms with Gasteiger partial charge in [-0.2, -0.15) is 0 Å². The summed E-state index contributed by atoms with van der Waals surface area (Å²) in [5.41, 5.74) is 2.30. The van der Waals surface area contributed by atoms with Crippen molar-refractivity contribution in [2.75, 3.05) is 19.8 Å². The zero-order chi connectivity index (χ0) is 48.6. The SMILES string of the molecule is CCCCCc1cc(O[C@@H]2O[C@H](CO[C@@H]3O[C@H](CO)[C@@H](O)[C@H](O)[C@H]3O)[C@@H](O[C@@H]3O[C@H](CO)[C@@H](O)[C@H](O[C@@H]4O[C@H](CC)[C@@H](O)[C@H](O)[C@H]4O)[C@H]3O)[C@H](O)[C@H]2O)c2c(c1)OC(C)(C)[C@@H]1CCC(C)=C[C@@H]21. The molecule has 1 aromatic rings. The summed E-state index contributed by atoms with van der Waals surface area (Å²) in [7, 11) is 0. The predicted molar refractivity (Wildman–Crippen MR) is 229 cm³/mol. The van der Waals surface area contributed by atoms with Gasteiger partial charge in [0.25, 0.3) is 0 Å². The van der Waals surface area contributed by atoms with E-state index in [0.717, 1.165) is 43.2 Å². The number of hydrogen-bond acceptors (Lipinski definition) is 21. The summed E-state index contributed by atoms with van der Waals surface area (Å²) >= 11 is 0. The highest BCUT2D eigenvalue weighted by Crippen LogP contribution is 2.54. The first-order chi connectivity index (χ1) is 31.8. The lowest BCUT2D eigenvalue weighted by atomic mass is 9.68. The Balaban J connectivity index is 1.20. The van der Waals surface area contributed by atoms with Gasteiger partial charge in [-0.15, -0.1) is 0 Å². The normalized spacial score (nSPS) is 44.2. The van der Waals surface area contributed by atoms with Crippen LogP contribution in [0.5, 0.6) is 11.5 Å². The summed E-state index contributed by atoms with van der Waals surface area (Å²) in [6, 6.07) is 3.89. The van der Waals surface area contributed by atoms with Gasteiger partial charge >= 0.3 is 0 Å². The largest absolute Gasteiger partial charge is 0.487 e. The number of rotatable bonds is 16. The van der Waals surface area contributed by atoms with E-state index in [4.69, 9.17) is 42.6 Å². The Hall–Kier alpha value is -2.20. The maximum atomic E-state index is 12.0. The molecule has 21 nitrogen and oxygen atoms in total. The van der Waals surface area contributed by atoms with E-state index in [-0.39, 0.29) is 18.3 Å². The first kappa shape index (κ1) is 52.6. The predicted octanol–water partition coefficient (Wildman–Crippen LogP) is -1.90. The smallest absolute Gasteiger partial charge is 0.229 e. The molecule has 6 aliphatic rings. The van der Waals surface area contributed by atoms with Gasteiger partial charge in [0.1, 0.15) is 109 Å². The number of hydrogen-bond donors (Lipinski definition) is 12. The minimum Gasteiger partial charge on any atom is -0.487 e. The van der Waals surface area contributed by atoms with Gasteiger partial charge in [0.2, 0.25) is 6.29 Å². The van der Waals surface area contributed by atoms with Crippen LogP contribution in [0.25, 0.3) is 0 Å². The minimum atomic E-state index is -1.99. The molecule has 0 amide bonds. The fourth-order valence-corrected chi connectivity index (χ4v) is 10.2. The molecule has 0 spiro atoms. The van der Waals surface area contributed by atoms with Crippen molar-refractivity contribution in [3.8, 4) is 11.5 Å². The molecule has 0 radical (unpaired) electrons. The molecule has 382 valence electrons. The van der Waals surface area contributed by atoms with Crippen LogP contribution in [0.1, 0.15) is 90.2 Å². The van der Waals surface area contributed by atoms with Crippen LogP contribution in [0.4, 0.5) is 0 Å². The highest BCUT2D eigenvalue weighted by atomic mass is 16.8. The fraction of sp³-hybridized carbons (Fsp3) is 0.826. The average Bonchev–Trinajstić information content (AvgIpc) is 3.29. The molecule has 1 aromatic carbocycles. The molecule has 4 fully saturated rings. The molecule has 1 aliphatic carbocycles. The van der Waals surface area contributed by atoms with E-state index in [0.29, 0.717) is 17.9 Å². The lowest BCUT2D eigenvalue weighted by Crippen LogP contribution is -2.67. The lowest BCUT2D eigenvalue weighted by molar-refractivity contribution is -0.379. The Morgan fingerprint density at radius 2 is 1.21 bits per heavy atom. The van der Waals surface area contributed by atoms with Crippen molar-refractivity contribution in [1.29, 1.82) is 0 Å². The molecule has 0 bridgehead atoms. The molecule has 5 heterocycles. The molecule has 0 unspecified atom stereocenters. The molecule has 7 rings (SSSR count). The highest BCUT2D eigenvalue weighted by molar-refractivity contribution is 5.54. The van der Waals surface area contributed by atoms with Crippen LogP contribution in [0.15, 0.2) is 23.8 Å². The molecule has 0 aromatic heterocycles. The zero-order valence-corrected chi connectivity index (χ0v) is 38.5. The van der Waals surface area contributed by atoms with Crippen LogP contribution in [0.3, 0.4) is 0 Å². The van der Waals surface area contributed by atoms with Gasteiger partial charge in [0, 0.05) is 17.4 Å². The van der Waals surface area contributed by atoms with Crippen molar-refractivity contribution in [2.45, 2.75) is 214 Å². The van der Waals surface area contributed by atoms with Gasteiger partial charge in [-0.3, -0.25) is 0 Å². The van der Waals surface area contributed by atoms with Gasteiger partial charge in [0.15, 0.2) is 18.9 Å². The van der Waals surface area contributed by atoms with Crippen LogP contribution >= 0.6 is 0 Å². The third kappa shape index (κ3) is 10.9. The molecule has 5 aliphatic heterocycles. The Bertz CT molecular complexity index is 1800. The minimum absolute atomic E-state index is 0.0610. The molecule has 12 N–H and O–H groups in total. The van der Waals surface area contributed by atoms with Crippen molar-refractivity contribution in [3.05, 3.63) is 34.9 Å². The Kier molecular flexibility index (Phi) is 17.3. The molecule has 4 saturated heterocycles. The summed E-state index contributed by atoms with van der Waals surface area (Å²) in [5, 5.41) is 130. The molecular formula is C46H72O21. The first-order valence-electron chi connectivity index (χ1n) is 23.6. The summed E-state index contributed by atoms with van der Waals surface area (Å²) in [4.78, 5) is 0. The van der Waals surface area contributed by atoms with Crippen LogP contribution in [0.2, 0.25) is 0 Å². The monoisotopic (exact) mass is 960 g/mol. The highest BCUT2D eigenvalue weighted by Gasteiger charge is 2.55. The number of benzene rings is 1. The molecule has 22 atom stereocenters. The maximum absolute atomic E-state index is 12.0. The summed E-state index contributed by atoms with van der Waals surface area (Å²) in [6.45, 7) is 7.67. The van der Waals surface area contributed by atoms with Gasteiger partial charge in [0.05, 0.1) is 25.9 Å². The number of allylic oxidation sites excluding steroid dienone is 2. The number of unbranched alkanes of at least 4 members (excludes halogenated alkanes) is 2. The number of aliphatic hydroxyl groups is 12. The quantitative estimate of drug-likeness (QED) is 0.0636. The van der Waals surface area contributed by atoms with Crippen molar-refractivity contribution in [1.82, 2.24) is 0 Å². The average molecular weight is 961 g/mol. The van der Waals surface area contributed by atoms with Crippen LogP contribution in [-0.4, -0.2) is 210 Å². The van der Waals surface area contributed by atoms with Crippen LogP contribution in [-0.2, 0) is 39.6 Å². The van der Waals surface area contributed by atoms with E-state index in [1.807, 2.05) is 12.1 Å². The third-order valence-corrected chi connectivity index (χ3v) is 14.2. The Morgan fingerprint density at radius 1 is 0.627 bits per heavy atom. The van der Waals surface area contributed by atoms with Crippen molar-refractivity contribution in [3.63, 3.8) is 0 Å². The first-order valence-corrected chi connectivity index (χ1v) is 23.6. The lowest BCUT2D eigenvalue weighted by Gasteiger charge is -2.49. The maximum Gasteiger partial charge on any atom is 0.229 e. The summed E-state index contributed by atoms with van der Waals surface area (Å²) in [6.07, 6.45) is -26.1. The van der Waals surface area contributed by atoms with Gasteiger partial charge < -0.3 is 104 Å². The Morgan fingerprint density at radius 3 is 1.88 bits per heavy atom. The van der Waals surface area contributed by atoms with E-state index in [1.54, 1.807) is 6.92 Å². The standard InChI is InChI=1S/C46H72O21/c1-6-8-9-10-20-14-24(29-21-13-19(3)11-12-22(21)46(4,5)67-25(29)15-20)61-43-38(57)35(54)40(28(64-43)18-59-42-36(55)34(53)31(50)26(16-47)62-42)65-45-39(58)41(32(51)27(17-48)63-45)66-44-37(56)33(52)30(49)23(7-2)60-44/h13-15,21-23,26-28,30-45,47-58H,6-12,16-18H2,1-5H3/t21-,22-,23-,26-,27-,28-,30-,31-,32-,33+,34+,35-,36-,37-,38-,39-,40-,41+,42-,43-,44+,45+/m1/s1. The second-order valence-corrected chi connectivity index (χ2v) is 19.4. The third-order valence-electron chi connectivity index (χ3n) is 14.2. The van der Waals surface area contributed by atoms with Gasteiger partial charge in [-0.1, -0.05) is 38.3 Å². The van der Waals surface area contributed by atoms with Crippen molar-refractivity contribution < 1.29 is 104 Å². The molecular weight excluding hydrogens is 888 g/mol. The van der Waals surface area contributed by atoms with E-state index < -0.39 is 148 Å². The fourth-order valence-electron chi connectivity index (χ4n) is 10.2. The zero-order valence-electron chi connectivity index (χ0n) is 38.5. The summed E-state index contributed by atoms with van der Waals surface area (Å²) < 4.78 is 54.6. The molecule has 0 saturated carbocycles.